The lowest BCUT2D eigenvalue weighted by molar-refractivity contribution is 0.415. The standard InChI is InChI=1S/C14H11N3O2/c1-19-9-5-6-10-11(8-9)13(16-17-14(10)18)12-4-2-3-7-15-12/h2-8H,1H3,(H,17,18). The van der Waals surface area contributed by atoms with E-state index in [0.29, 0.717) is 22.5 Å². The minimum Gasteiger partial charge on any atom is -0.497 e. The molecule has 0 fully saturated rings. The molecule has 94 valence electrons. The number of rotatable bonds is 2. The van der Waals surface area contributed by atoms with Gasteiger partial charge in [-0.05, 0) is 30.3 Å². The van der Waals surface area contributed by atoms with Gasteiger partial charge in [-0.1, -0.05) is 6.07 Å². The van der Waals surface area contributed by atoms with Crippen LogP contribution in [0.15, 0.2) is 47.4 Å². The van der Waals surface area contributed by atoms with Crippen molar-refractivity contribution >= 4 is 10.8 Å². The first-order valence-electron chi connectivity index (χ1n) is 5.77. The van der Waals surface area contributed by atoms with E-state index in [1.54, 1.807) is 31.5 Å². The molecule has 0 unspecified atom stereocenters. The van der Waals surface area contributed by atoms with Crippen molar-refractivity contribution < 1.29 is 4.74 Å². The van der Waals surface area contributed by atoms with Gasteiger partial charge in [0.05, 0.1) is 18.2 Å². The van der Waals surface area contributed by atoms with E-state index in [9.17, 15) is 4.79 Å². The Morgan fingerprint density at radius 1 is 1.16 bits per heavy atom. The highest BCUT2D eigenvalue weighted by Gasteiger charge is 2.10. The number of benzene rings is 1. The molecule has 0 spiro atoms. The fraction of sp³-hybridized carbons (Fsp3) is 0.0714. The highest BCUT2D eigenvalue weighted by molar-refractivity contribution is 5.93. The molecule has 0 aliphatic rings. The quantitative estimate of drug-likeness (QED) is 0.758. The van der Waals surface area contributed by atoms with Crippen LogP contribution >= 0.6 is 0 Å². The van der Waals surface area contributed by atoms with E-state index in [1.807, 2.05) is 18.2 Å². The third-order valence-corrected chi connectivity index (χ3v) is 2.90. The molecule has 0 amide bonds. The molecule has 0 saturated heterocycles. The van der Waals surface area contributed by atoms with Gasteiger partial charge in [-0.25, -0.2) is 5.10 Å². The number of aromatic amines is 1. The third kappa shape index (κ3) is 1.95. The van der Waals surface area contributed by atoms with Crippen LogP contribution in [0.5, 0.6) is 5.75 Å². The second kappa shape index (κ2) is 4.53. The topological polar surface area (TPSA) is 67.9 Å². The number of methoxy groups -OCH3 is 1. The third-order valence-electron chi connectivity index (χ3n) is 2.90. The van der Waals surface area contributed by atoms with E-state index in [4.69, 9.17) is 4.74 Å². The maximum Gasteiger partial charge on any atom is 0.272 e. The first kappa shape index (κ1) is 11.4. The van der Waals surface area contributed by atoms with Crippen LogP contribution in [-0.2, 0) is 0 Å². The maximum absolute atomic E-state index is 11.8. The largest absolute Gasteiger partial charge is 0.497 e. The van der Waals surface area contributed by atoms with Crippen molar-refractivity contribution in [1.29, 1.82) is 0 Å². The second-order valence-electron chi connectivity index (χ2n) is 4.03. The van der Waals surface area contributed by atoms with Gasteiger partial charge >= 0.3 is 0 Å². The van der Waals surface area contributed by atoms with Gasteiger partial charge in [0.25, 0.3) is 5.56 Å². The van der Waals surface area contributed by atoms with Gasteiger partial charge in [0.2, 0.25) is 0 Å². The SMILES string of the molecule is COc1ccc2c(=O)[nH]nc(-c3ccccn3)c2c1. The summed E-state index contributed by atoms with van der Waals surface area (Å²) >= 11 is 0. The van der Waals surface area contributed by atoms with Crippen LogP contribution in [0.3, 0.4) is 0 Å². The molecule has 0 atom stereocenters. The van der Waals surface area contributed by atoms with Crippen molar-refractivity contribution in [3.05, 3.63) is 52.9 Å². The van der Waals surface area contributed by atoms with Crippen LogP contribution < -0.4 is 10.3 Å². The highest BCUT2D eigenvalue weighted by atomic mass is 16.5. The Labute approximate surface area is 108 Å². The van der Waals surface area contributed by atoms with Gasteiger partial charge in [-0.2, -0.15) is 5.10 Å². The summed E-state index contributed by atoms with van der Waals surface area (Å²) in [5.74, 6) is 0.678. The smallest absolute Gasteiger partial charge is 0.272 e. The second-order valence-corrected chi connectivity index (χ2v) is 4.03. The molecule has 1 N–H and O–H groups in total. The van der Waals surface area contributed by atoms with E-state index in [1.165, 1.54) is 0 Å². The van der Waals surface area contributed by atoms with Crippen molar-refractivity contribution in [2.45, 2.75) is 0 Å². The van der Waals surface area contributed by atoms with Crippen molar-refractivity contribution in [2.75, 3.05) is 7.11 Å². The predicted molar refractivity (Wildman–Crippen MR) is 72.1 cm³/mol. The maximum atomic E-state index is 11.8. The summed E-state index contributed by atoms with van der Waals surface area (Å²) in [4.78, 5) is 16.0. The highest BCUT2D eigenvalue weighted by Crippen LogP contribution is 2.25. The number of nitrogens with zero attached hydrogens (tertiary/aromatic N) is 2. The van der Waals surface area contributed by atoms with Crippen molar-refractivity contribution in [1.82, 2.24) is 15.2 Å². The molecular weight excluding hydrogens is 242 g/mol. The normalized spacial score (nSPS) is 10.6. The zero-order valence-corrected chi connectivity index (χ0v) is 10.3. The predicted octanol–water partition coefficient (Wildman–Crippen LogP) is 1.99. The minimum atomic E-state index is -0.225. The van der Waals surface area contributed by atoms with E-state index < -0.39 is 0 Å². The van der Waals surface area contributed by atoms with Gasteiger partial charge in [-0.15, -0.1) is 0 Å². The van der Waals surface area contributed by atoms with Crippen LogP contribution in [0.2, 0.25) is 0 Å². The number of fused-ring (bicyclic) bond motifs is 1. The Balaban J connectivity index is 2.36. The molecular formula is C14H11N3O2. The summed E-state index contributed by atoms with van der Waals surface area (Å²) in [5.41, 5.74) is 1.11. The van der Waals surface area contributed by atoms with Gasteiger partial charge in [0, 0.05) is 11.6 Å². The molecule has 0 radical (unpaired) electrons. The Kier molecular flexibility index (Phi) is 2.72. The molecule has 0 bridgehead atoms. The van der Waals surface area contributed by atoms with Crippen LogP contribution in [0.1, 0.15) is 0 Å². The van der Waals surface area contributed by atoms with Crippen LogP contribution in [0.4, 0.5) is 0 Å². The Bertz CT molecular complexity index is 782. The fourth-order valence-corrected chi connectivity index (χ4v) is 1.97. The van der Waals surface area contributed by atoms with Gasteiger partial charge in [-0.3, -0.25) is 9.78 Å². The average molecular weight is 253 g/mol. The molecule has 2 aromatic heterocycles. The Hall–Kier alpha value is -2.69. The summed E-state index contributed by atoms with van der Waals surface area (Å²) in [5, 5.41) is 7.88. The number of ether oxygens (including phenoxy) is 1. The summed E-state index contributed by atoms with van der Waals surface area (Å²) in [6, 6.07) is 10.8. The lowest BCUT2D eigenvalue weighted by Crippen LogP contribution is -2.09. The van der Waals surface area contributed by atoms with Gasteiger partial charge < -0.3 is 4.74 Å². The first-order chi connectivity index (χ1) is 9.29. The van der Waals surface area contributed by atoms with Gasteiger partial charge in [0.15, 0.2) is 0 Å². The van der Waals surface area contributed by atoms with Crippen molar-refractivity contribution in [3.8, 4) is 17.1 Å². The number of hydrogen-bond acceptors (Lipinski definition) is 4. The molecule has 3 aromatic rings. The molecule has 5 nitrogen and oxygen atoms in total. The van der Waals surface area contributed by atoms with E-state index >= 15 is 0 Å². The number of nitrogens with one attached hydrogen (secondary N) is 1. The molecule has 5 heteroatoms. The summed E-state index contributed by atoms with van der Waals surface area (Å²) in [7, 11) is 1.59. The fourth-order valence-electron chi connectivity index (χ4n) is 1.97. The molecule has 3 rings (SSSR count). The van der Waals surface area contributed by atoms with E-state index in [2.05, 4.69) is 15.2 Å². The van der Waals surface area contributed by atoms with Crippen LogP contribution in [0, 0.1) is 0 Å². The van der Waals surface area contributed by atoms with Crippen molar-refractivity contribution in [2.24, 2.45) is 0 Å². The number of aromatic nitrogens is 3. The van der Waals surface area contributed by atoms with E-state index in [-0.39, 0.29) is 5.56 Å². The molecule has 0 aliphatic carbocycles. The molecule has 0 saturated carbocycles. The lowest BCUT2D eigenvalue weighted by atomic mass is 10.1. The van der Waals surface area contributed by atoms with Crippen LogP contribution in [0.25, 0.3) is 22.2 Å². The lowest BCUT2D eigenvalue weighted by Gasteiger charge is -2.06. The number of H-pyrrole nitrogens is 1. The molecule has 0 aliphatic heterocycles. The summed E-state index contributed by atoms with van der Waals surface area (Å²) < 4.78 is 5.19. The minimum absolute atomic E-state index is 0.225. The average Bonchev–Trinajstić information content (AvgIpc) is 2.48. The van der Waals surface area contributed by atoms with Crippen LogP contribution in [-0.4, -0.2) is 22.3 Å². The molecule has 1 aromatic carbocycles. The molecule has 19 heavy (non-hydrogen) atoms. The Morgan fingerprint density at radius 2 is 2.05 bits per heavy atom. The number of pyridine rings is 1. The monoisotopic (exact) mass is 253 g/mol. The van der Waals surface area contributed by atoms with E-state index in [0.717, 1.165) is 5.39 Å². The first-order valence-corrected chi connectivity index (χ1v) is 5.77. The van der Waals surface area contributed by atoms with Gasteiger partial charge in [0.1, 0.15) is 11.4 Å². The number of hydrogen-bond donors (Lipinski definition) is 1. The summed E-state index contributed by atoms with van der Waals surface area (Å²) in [6.45, 7) is 0. The Morgan fingerprint density at radius 3 is 2.79 bits per heavy atom. The zero-order valence-electron chi connectivity index (χ0n) is 10.3. The zero-order chi connectivity index (χ0) is 13.2. The summed E-state index contributed by atoms with van der Waals surface area (Å²) in [6.07, 6.45) is 1.69. The van der Waals surface area contributed by atoms with Crippen molar-refractivity contribution in [3.63, 3.8) is 0 Å². The molecule has 2 heterocycles.